The van der Waals surface area contributed by atoms with Gasteiger partial charge in [0, 0.05) is 10.7 Å². The third-order valence-corrected chi connectivity index (χ3v) is 4.22. The van der Waals surface area contributed by atoms with Gasteiger partial charge in [0.1, 0.15) is 0 Å². The van der Waals surface area contributed by atoms with Crippen LogP contribution >= 0.6 is 22.4 Å². The quantitative estimate of drug-likeness (QED) is 0.657. The largest absolute Gasteiger partial charge is 0.232 e. The molecule has 2 nitrogen and oxygen atoms in total. The van der Waals surface area contributed by atoms with Gasteiger partial charge >= 0.3 is 0 Å². The second kappa shape index (κ2) is 4.01. The third kappa shape index (κ3) is 4.23. The summed E-state index contributed by atoms with van der Waals surface area (Å²) >= 11 is 1.82. The van der Waals surface area contributed by atoms with Gasteiger partial charge in [0.25, 0.3) is 0 Å². The summed E-state index contributed by atoms with van der Waals surface area (Å²) in [6, 6.07) is 0. The lowest BCUT2D eigenvalue weighted by Crippen LogP contribution is -2.18. The standard InChI is InChI=1S/C6H11ClO2S2/c7-11(8,9)5-6-2-1-3-10-4-6/h6H,1-5H2. The van der Waals surface area contributed by atoms with Crippen LogP contribution in [-0.4, -0.2) is 25.7 Å². The molecule has 0 aliphatic carbocycles. The molecule has 1 aliphatic heterocycles. The first-order valence-corrected chi connectivity index (χ1v) is 7.21. The summed E-state index contributed by atoms with van der Waals surface area (Å²) in [7, 11) is 1.86. The van der Waals surface area contributed by atoms with E-state index >= 15 is 0 Å². The Morgan fingerprint density at radius 2 is 2.27 bits per heavy atom. The van der Waals surface area contributed by atoms with Crippen molar-refractivity contribution in [3.8, 4) is 0 Å². The minimum atomic E-state index is -3.26. The number of thioether (sulfide) groups is 1. The number of hydrogen-bond donors (Lipinski definition) is 0. The van der Waals surface area contributed by atoms with Gasteiger partial charge in [0.05, 0.1) is 5.75 Å². The minimum Gasteiger partial charge on any atom is -0.212 e. The molecule has 1 fully saturated rings. The molecule has 1 atom stereocenters. The molecule has 0 aromatic carbocycles. The molecule has 0 N–H and O–H groups in total. The van der Waals surface area contributed by atoms with Gasteiger partial charge in [-0.25, -0.2) is 8.42 Å². The van der Waals surface area contributed by atoms with E-state index in [1.54, 1.807) is 0 Å². The molecule has 1 rings (SSSR count). The van der Waals surface area contributed by atoms with Gasteiger partial charge in [-0.1, -0.05) is 0 Å². The molecule has 66 valence electrons. The van der Waals surface area contributed by atoms with Gasteiger partial charge in [-0.05, 0) is 30.3 Å². The van der Waals surface area contributed by atoms with Crippen LogP contribution in [0.15, 0.2) is 0 Å². The van der Waals surface area contributed by atoms with Crippen molar-refractivity contribution in [2.45, 2.75) is 12.8 Å². The van der Waals surface area contributed by atoms with Crippen LogP contribution in [0.2, 0.25) is 0 Å². The Kier molecular flexibility index (Phi) is 3.52. The molecule has 0 spiro atoms. The Morgan fingerprint density at radius 1 is 1.55 bits per heavy atom. The molecule has 0 radical (unpaired) electrons. The van der Waals surface area contributed by atoms with Gasteiger partial charge in [0.2, 0.25) is 9.05 Å². The summed E-state index contributed by atoms with van der Waals surface area (Å²) in [5, 5.41) is 0. The van der Waals surface area contributed by atoms with E-state index in [-0.39, 0.29) is 11.7 Å². The highest BCUT2D eigenvalue weighted by Crippen LogP contribution is 2.24. The molecule has 1 saturated heterocycles. The monoisotopic (exact) mass is 214 g/mol. The lowest BCUT2D eigenvalue weighted by Gasteiger charge is -2.19. The van der Waals surface area contributed by atoms with Crippen LogP contribution < -0.4 is 0 Å². The molecule has 1 unspecified atom stereocenters. The van der Waals surface area contributed by atoms with Crippen molar-refractivity contribution >= 4 is 31.5 Å². The molecule has 5 heteroatoms. The smallest absolute Gasteiger partial charge is 0.212 e. The number of hydrogen-bond acceptors (Lipinski definition) is 3. The Hall–Kier alpha value is 0.590. The summed E-state index contributed by atoms with van der Waals surface area (Å²) in [6.45, 7) is 0. The van der Waals surface area contributed by atoms with E-state index in [9.17, 15) is 8.42 Å². The first-order chi connectivity index (χ1) is 5.08. The summed E-state index contributed by atoms with van der Waals surface area (Å²) < 4.78 is 21.3. The van der Waals surface area contributed by atoms with E-state index in [4.69, 9.17) is 10.7 Å². The van der Waals surface area contributed by atoms with Gasteiger partial charge in [0.15, 0.2) is 0 Å². The second-order valence-corrected chi connectivity index (χ2v) is 6.76. The van der Waals surface area contributed by atoms with E-state index in [0.717, 1.165) is 18.6 Å². The zero-order valence-corrected chi connectivity index (χ0v) is 8.51. The van der Waals surface area contributed by atoms with E-state index in [0.29, 0.717) is 0 Å². The van der Waals surface area contributed by atoms with Crippen molar-refractivity contribution in [3.63, 3.8) is 0 Å². The van der Waals surface area contributed by atoms with Crippen molar-refractivity contribution in [3.05, 3.63) is 0 Å². The molecular formula is C6H11ClO2S2. The average Bonchev–Trinajstić information content (AvgIpc) is 1.85. The van der Waals surface area contributed by atoms with Crippen LogP contribution in [-0.2, 0) is 9.05 Å². The second-order valence-electron chi connectivity index (χ2n) is 2.79. The Morgan fingerprint density at radius 3 is 2.73 bits per heavy atom. The maximum Gasteiger partial charge on any atom is 0.232 e. The lowest BCUT2D eigenvalue weighted by molar-refractivity contribution is 0.552. The first kappa shape index (κ1) is 9.68. The van der Waals surface area contributed by atoms with E-state index < -0.39 is 9.05 Å². The van der Waals surface area contributed by atoms with Gasteiger partial charge in [-0.2, -0.15) is 11.8 Å². The molecule has 0 aromatic heterocycles. The van der Waals surface area contributed by atoms with Gasteiger partial charge in [-0.3, -0.25) is 0 Å². The highest BCUT2D eigenvalue weighted by atomic mass is 35.7. The van der Waals surface area contributed by atoms with Crippen molar-refractivity contribution in [1.29, 1.82) is 0 Å². The Balaban J connectivity index is 2.36. The lowest BCUT2D eigenvalue weighted by atomic mass is 10.1. The van der Waals surface area contributed by atoms with E-state index in [2.05, 4.69) is 0 Å². The molecule has 0 amide bonds. The van der Waals surface area contributed by atoms with Crippen molar-refractivity contribution in [2.75, 3.05) is 17.3 Å². The average molecular weight is 215 g/mol. The van der Waals surface area contributed by atoms with Crippen molar-refractivity contribution in [1.82, 2.24) is 0 Å². The fourth-order valence-corrected chi connectivity index (χ4v) is 3.91. The van der Waals surface area contributed by atoms with Crippen molar-refractivity contribution in [2.24, 2.45) is 5.92 Å². The Labute approximate surface area is 76.1 Å². The van der Waals surface area contributed by atoms with Crippen LogP contribution in [0.3, 0.4) is 0 Å². The summed E-state index contributed by atoms with van der Waals surface area (Å²) in [4.78, 5) is 0. The SMILES string of the molecule is O=S(=O)(Cl)CC1CCCSC1. The van der Waals surface area contributed by atoms with Crippen LogP contribution in [0.1, 0.15) is 12.8 Å². The molecule has 1 aliphatic rings. The highest BCUT2D eigenvalue weighted by molar-refractivity contribution is 8.13. The number of rotatable bonds is 2. The highest BCUT2D eigenvalue weighted by Gasteiger charge is 2.19. The zero-order chi connectivity index (χ0) is 8.32. The predicted molar refractivity (Wildman–Crippen MR) is 49.7 cm³/mol. The first-order valence-electron chi connectivity index (χ1n) is 3.58. The normalized spacial score (nSPS) is 26.8. The molecule has 1 heterocycles. The predicted octanol–water partition coefficient (Wildman–Crippen LogP) is 1.70. The molecule has 0 bridgehead atoms. The maximum absolute atomic E-state index is 10.7. The summed E-state index contributed by atoms with van der Waals surface area (Å²) in [5.41, 5.74) is 0. The van der Waals surface area contributed by atoms with Crippen LogP contribution in [0, 0.1) is 5.92 Å². The maximum atomic E-state index is 10.7. The Bertz CT molecular complexity index is 207. The summed E-state index contributed by atoms with van der Waals surface area (Å²) in [6.07, 6.45) is 2.14. The topological polar surface area (TPSA) is 34.1 Å². The van der Waals surface area contributed by atoms with E-state index in [1.807, 2.05) is 11.8 Å². The van der Waals surface area contributed by atoms with Crippen LogP contribution in [0.5, 0.6) is 0 Å². The van der Waals surface area contributed by atoms with Crippen LogP contribution in [0.25, 0.3) is 0 Å². The fourth-order valence-electron chi connectivity index (χ4n) is 1.22. The molecule has 0 aromatic rings. The third-order valence-electron chi connectivity index (χ3n) is 1.69. The summed E-state index contributed by atoms with van der Waals surface area (Å²) in [5.74, 6) is 2.56. The minimum absolute atomic E-state index is 0.154. The van der Waals surface area contributed by atoms with Gasteiger partial charge < -0.3 is 0 Å². The number of halogens is 1. The van der Waals surface area contributed by atoms with E-state index in [1.165, 1.54) is 5.75 Å². The fraction of sp³-hybridized carbons (Fsp3) is 1.00. The molecular weight excluding hydrogens is 204 g/mol. The van der Waals surface area contributed by atoms with Crippen molar-refractivity contribution < 1.29 is 8.42 Å². The molecule has 11 heavy (non-hydrogen) atoms. The zero-order valence-electron chi connectivity index (χ0n) is 6.12. The molecule has 0 saturated carbocycles. The van der Waals surface area contributed by atoms with Gasteiger partial charge in [-0.15, -0.1) is 0 Å². The van der Waals surface area contributed by atoms with Crippen LogP contribution in [0.4, 0.5) is 0 Å².